The van der Waals surface area contributed by atoms with Gasteiger partial charge in [-0.15, -0.1) is 0 Å². The molecule has 10 heteroatoms. The van der Waals surface area contributed by atoms with E-state index in [0.717, 1.165) is 0 Å². The van der Waals surface area contributed by atoms with Gasteiger partial charge in [-0.05, 0) is 43.0 Å². The van der Waals surface area contributed by atoms with Gasteiger partial charge in [-0.2, -0.15) is 0 Å². The standard InChI is InChI=1S/C15H22N2O6S2/c1-12(11-15(18)19)7-8-16-25(22,23)14-5-3-13(4-6-14)17-9-2-10-24(17,20)21/h3-6,12,16H,2,7-11H2,1H3,(H,18,19)/t12-/m0/s1. The Balaban J connectivity index is 1.99. The van der Waals surface area contributed by atoms with Gasteiger partial charge in [0, 0.05) is 19.5 Å². The molecule has 2 N–H and O–H groups in total. The molecule has 1 aromatic rings. The molecule has 1 aliphatic rings. The Labute approximate surface area is 147 Å². The SMILES string of the molecule is C[C@@H](CCNS(=O)(=O)c1ccc(N2CCCS2(=O)=O)cc1)CC(=O)O. The highest BCUT2D eigenvalue weighted by atomic mass is 32.2. The van der Waals surface area contributed by atoms with E-state index in [-0.39, 0.29) is 29.5 Å². The van der Waals surface area contributed by atoms with Crippen LogP contribution in [0.1, 0.15) is 26.2 Å². The van der Waals surface area contributed by atoms with Crippen molar-refractivity contribution in [2.75, 3.05) is 23.1 Å². The molecule has 1 aromatic carbocycles. The Morgan fingerprint density at radius 3 is 2.48 bits per heavy atom. The average molecular weight is 390 g/mol. The second-order valence-electron chi connectivity index (χ2n) is 6.13. The van der Waals surface area contributed by atoms with E-state index < -0.39 is 26.0 Å². The van der Waals surface area contributed by atoms with Gasteiger partial charge in [-0.1, -0.05) is 6.92 Å². The van der Waals surface area contributed by atoms with Gasteiger partial charge < -0.3 is 5.11 Å². The van der Waals surface area contributed by atoms with Crippen molar-refractivity contribution in [3.63, 3.8) is 0 Å². The van der Waals surface area contributed by atoms with Crippen molar-refractivity contribution in [2.24, 2.45) is 5.92 Å². The van der Waals surface area contributed by atoms with Gasteiger partial charge >= 0.3 is 5.97 Å². The highest BCUT2D eigenvalue weighted by Crippen LogP contribution is 2.25. The van der Waals surface area contributed by atoms with Crippen LogP contribution in [0.25, 0.3) is 0 Å². The van der Waals surface area contributed by atoms with E-state index in [0.29, 0.717) is 25.1 Å². The maximum absolute atomic E-state index is 12.2. The Bertz CT molecular complexity index is 818. The third-order valence-corrected chi connectivity index (χ3v) is 7.33. The first-order valence-electron chi connectivity index (χ1n) is 7.94. The lowest BCUT2D eigenvalue weighted by molar-refractivity contribution is -0.138. The summed E-state index contributed by atoms with van der Waals surface area (Å²) in [6.07, 6.45) is 0.953. The smallest absolute Gasteiger partial charge is 0.303 e. The predicted octanol–water partition coefficient (Wildman–Crippen LogP) is 1.01. The van der Waals surface area contributed by atoms with Crippen LogP contribution in [0.3, 0.4) is 0 Å². The predicted molar refractivity (Wildman–Crippen MR) is 93.4 cm³/mol. The zero-order valence-corrected chi connectivity index (χ0v) is 15.5. The molecule has 0 unspecified atom stereocenters. The van der Waals surface area contributed by atoms with Crippen molar-refractivity contribution in [2.45, 2.75) is 31.1 Å². The summed E-state index contributed by atoms with van der Waals surface area (Å²) in [6, 6.07) is 5.69. The molecule has 0 bridgehead atoms. The first-order chi connectivity index (χ1) is 11.6. The fourth-order valence-corrected chi connectivity index (χ4v) is 5.26. The van der Waals surface area contributed by atoms with Gasteiger partial charge in [0.1, 0.15) is 0 Å². The number of hydrogen-bond acceptors (Lipinski definition) is 5. The third kappa shape index (κ3) is 5.16. The minimum Gasteiger partial charge on any atom is -0.481 e. The molecule has 1 aliphatic heterocycles. The third-order valence-electron chi connectivity index (χ3n) is 3.99. The van der Waals surface area contributed by atoms with Crippen LogP contribution in [-0.2, 0) is 24.8 Å². The molecule has 2 rings (SSSR count). The lowest BCUT2D eigenvalue weighted by Crippen LogP contribution is -2.27. The highest BCUT2D eigenvalue weighted by molar-refractivity contribution is 7.93. The molecule has 0 aliphatic carbocycles. The van der Waals surface area contributed by atoms with Crippen molar-refractivity contribution in [1.29, 1.82) is 0 Å². The van der Waals surface area contributed by atoms with Crippen LogP contribution in [-0.4, -0.2) is 46.8 Å². The maximum Gasteiger partial charge on any atom is 0.303 e. The summed E-state index contributed by atoms with van der Waals surface area (Å²) in [4.78, 5) is 10.6. The van der Waals surface area contributed by atoms with Gasteiger partial charge in [-0.3, -0.25) is 9.10 Å². The molecule has 25 heavy (non-hydrogen) atoms. The van der Waals surface area contributed by atoms with E-state index in [1.165, 1.54) is 28.6 Å². The zero-order valence-electron chi connectivity index (χ0n) is 13.9. The van der Waals surface area contributed by atoms with Crippen LogP contribution in [0.4, 0.5) is 5.69 Å². The number of carbonyl (C=O) groups is 1. The second kappa shape index (κ2) is 7.71. The van der Waals surface area contributed by atoms with Gasteiger partial charge in [0.25, 0.3) is 0 Å². The number of hydrogen-bond donors (Lipinski definition) is 2. The molecule has 8 nitrogen and oxygen atoms in total. The van der Waals surface area contributed by atoms with Crippen molar-refractivity contribution < 1.29 is 26.7 Å². The number of nitrogens with zero attached hydrogens (tertiary/aromatic N) is 1. The molecule has 1 fully saturated rings. The summed E-state index contributed by atoms with van der Waals surface area (Å²) >= 11 is 0. The minimum atomic E-state index is -3.72. The van der Waals surface area contributed by atoms with Gasteiger partial charge in [-0.25, -0.2) is 21.6 Å². The monoisotopic (exact) mass is 390 g/mol. The molecule has 1 atom stereocenters. The quantitative estimate of drug-likeness (QED) is 0.683. The maximum atomic E-state index is 12.2. The molecule has 0 saturated carbocycles. The number of rotatable bonds is 8. The first-order valence-corrected chi connectivity index (χ1v) is 11.0. The van der Waals surface area contributed by atoms with Crippen molar-refractivity contribution in [1.82, 2.24) is 4.72 Å². The minimum absolute atomic E-state index is 0.0132. The summed E-state index contributed by atoms with van der Waals surface area (Å²) in [5, 5.41) is 8.69. The molecule has 1 heterocycles. The largest absolute Gasteiger partial charge is 0.481 e. The Hall–Kier alpha value is -1.65. The van der Waals surface area contributed by atoms with Gasteiger partial charge in [0.05, 0.1) is 16.3 Å². The number of anilines is 1. The average Bonchev–Trinajstić information content (AvgIpc) is 2.86. The molecule has 0 spiro atoms. The molecule has 0 amide bonds. The number of sulfonamides is 2. The van der Waals surface area contributed by atoms with E-state index >= 15 is 0 Å². The van der Waals surface area contributed by atoms with E-state index in [1.807, 2.05) is 0 Å². The number of nitrogens with one attached hydrogen (secondary N) is 1. The summed E-state index contributed by atoms with van der Waals surface area (Å²) in [5.74, 6) is -0.950. The Kier molecular flexibility index (Phi) is 6.07. The molecule has 140 valence electrons. The molecule has 0 aromatic heterocycles. The summed E-state index contributed by atoms with van der Waals surface area (Å²) in [5.41, 5.74) is 0.450. The van der Waals surface area contributed by atoms with Gasteiger partial charge in [0.2, 0.25) is 20.0 Å². The fourth-order valence-electron chi connectivity index (χ4n) is 2.64. The van der Waals surface area contributed by atoms with Crippen molar-refractivity contribution >= 4 is 31.7 Å². The van der Waals surface area contributed by atoms with Crippen LogP contribution in [0.15, 0.2) is 29.2 Å². The number of carboxylic acid groups (broad SMARTS) is 1. The summed E-state index contributed by atoms with van der Waals surface area (Å²) in [6.45, 7) is 2.28. The van der Waals surface area contributed by atoms with Gasteiger partial charge in [0.15, 0.2) is 0 Å². The van der Waals surface area contributed by atoms with E-state index in [9.17, 15) is 21.6 Å². The topological polar surface area (TPSA) is 121 Å². The van der Waals surface area contributed by atoms with Crippen LogP contribution < -0.4 is 9.03 Å². The molecule has 1 saturated heterocycles. The number of benzene rings is 1. The van der Waals surface area contributed by atoms with Crippen LogP contribution in [0.5, 0.6) is 0 Å². The normalized spacial score (nSPS) is 18.2. The molecule has 0 radical (unpaired) electrons. The molecular weight excluding hydrogens is 368 g/mol. The van der Waals surface area contributed by atoms with Crippen LogP contribution in [0, 0.1) is 5.92 Å². The first kappa shape index (κ1) is 19.7. The number of aliphatic carboxylic acids is 1. The molecular formula is C15H22N2O6S2. The Morgan fingerprint density at radius 1 is 1.32 bits per heavy atom. The Morgan fingerprint density at radius 2 is 1.96 bits per heavy atom. The van der Waals surface area contributed by atoms with Crippen LogP contribution in [0.2, 0.25) is 0 Å². The fraction of sp³-hybridized carbons (Fsp3) is 0.533. The van der Waals surface area contributed by atoms with E-state index in [1.54, 1.807) is 6.92 Å². The number of carboxylic acids is 1. The lowest BCUT2D eigenvalue weighted by Gasteiger charge is -2.17. The van der Waals surface area contributed by atoms with E-state index in [2.05, 4.69) is 4.72 Å². The van der Waals surface area contributed by atoms with Crippen LogP contribution >= 0.6 is 0 Å². The highest BCUT2D eigenvalue weighted by Gasteiger charge is 2.28. The second-order valence-corrected chi connectivity index (χ2v) is 9.90. The lowest BCUT2D eigenvalue weighted by atomic mass is 10.0. The zero-order chi connectivity index (χ0) is 18.7. The summed E-state index contributed by atoms with van der Waals surface area (Å²) < 4.78 is 51.9. The van der Waals surface area contributed by atoms with Crippen molar-refractivity contribution in [3.05, 3.63) is 24.3 Å². The van der Waals surface area contributed by atoms with E-state index in [4.69, 9.17) is 5.11 Å². The summed E-state index contributed by atoms with van der Waals surface area (Å²) in [7, 11) is -7.02. The van der Waals surface area contributed by atoms with Crippen molar-refractivity contribution in [3.8, 4) is 0 Å².